The summed E-state index contributed by atoms with van der Waals surface area (Å²) >= 11 is 9.49. The van der Waals surface area contributed by atoms with E-state index in [2.05, 4.69) is 53.3 Å². The molecule has 3 aromatic rings. The molecule has 4 nitrogen and oxygen atoms in total. The molecule has 7 heteroatoms. The van der Waals surface area contributed by atoms with Gasteiger partial charge in [-0.1, -0.05) is 47.7 Å². The number of allylic oxidation sites excluding steroid dienone is 6. The van der Waals surface area contributed by atoms with Gasteiger partial charge in [0.15, 0.2) is 11.4 Å². The first-order valence-electron chi connectivity index (χ1n) is 8.82. The fourth-order valence-electron chi connectivity index (χ4n) is 2.71. The highest BCUT2D eigenvalue weighted by Crippen LogP contribution is 2.38. The van der Waals surface area contributed by atoms with Crippen LogP contribution in [0.3, 0.4) is 0 Å². The van der Waals surface area contributed by atoms with E-state index >= 15 is 0 Å². The van der Waals surface area contributed by atoms with E-state index in [0.717, 1.165) is 27.9 Å². The van der Waals surface area contributed by atoms with Crippen molar-refractivity contribution in [3.8, 4) is 10.4 Å². The molecule has 144 valence electrons. The summed E-state index contributed by atoms with van der Waals surface area (Å²) in [5.74, 6) is 0.159. The van der Waals surface area contributed by atoms with Crippen molar-refractivity contribution >= 4 is 51.3 Å². The summed E-state index contributed by atoms with van der Waals surface area (Å²) in [5.41, 5.74) is 5.18. The highest BCUT2D eigenvalue weighted by molar-refractivity contribution is 7.99. The number of halogens is 1. The highest BCUT2D eigenvalue weighted by atomic mass is 35.5. The van der Waals surface area contributed by atoms with Crippen molar-refractivity contribution in [1.29, 1.82) is 0 Å². The fourth-order valence-corrected chi connectivity index (χ4v) is 4.70. The quantitative estimate of drug-likeness (QED) is 0.258. The van der Waals surface area contributed by atoms with Crippen LogP contribution < -0.4 is 0 Å². The van der Waals surface area contributed by atoms with Gasteiger partial charge in [-0.25, -0.2) is 4.98 Å². The molecule has 0 amide bonds. The first-order valence-corrected chi connectivity index (χ1v) is 11.0. The molecule has 3 N–H and O–H groups in total. The molecule has 1 aliphatic rings. The monoisotopic (exact) mass is 430 g/mol. The highest BCUT2D eigenvalue weighted by Gasteiger charge is 2.13. The summed E-state index contributed by atoms with van der Waals surface area (Å²) in [6, 6.07) is 8.04. The van der Waals surface area contributed by atoms with E-state index < -0.39 is 6.29 Å². The lowest BCUT2D eigenvalue weighted by atomic mass is 10.1. The van der Waals surface area contributed by atoms with E-state index in [0.29, 0.717) is 10.2 Å². The molecule has 0 fully saturated rings. The molecule has 4 rings (SSSR count). The van der Waals surface area contributed by atoms with Gasteiger partial charge < -0.3 is 15.2 Å². The van der Waals surface area contributed by atoms with E-state index in [4.69, 9.17) is 21.8 Å². The Morgan fingerprint density at radius 2 is 2.21 bits per heavy atom. The lowest BCUT2D eigenvalue weighted by Crippen LogP contribution is -2.07. The number of aliphatic hydroxyl groups excluding tert-OH is 1. The van der Waals surface area contributed by atoms with Gasteiger partial charge in [-0.2, -0.15) is 0 Å². The normalized spacial score (nSPS) is 14.5. The summed E-state index contributed by atoms with van der Waals surface area (Å²) in [5, 5.41) is 19.3. The summed E-state index contributed by atoms with van der Waals surface area (Å²) < 4.78 is 0. The van der Waals surface area contributed by atoms with Crippen LogP contribution in [-0.2, 0) is 0 Å². The number of thioether (sulfide) groups is 1. The fraction of sp³-hybridized carbons (Fsp3) is 0.190. The Morgan fingerprint density at radius 3 is 2.96 bits per heavy atom. The molecule has 28 heavy (non-hydrogen) atoms. The van der Waals surface area contributed by atoms with Crippen molar-refractivity contribution < 1.29 is 10.2 Å². The van der Waals surface area contributed by atoms with Crippen LogP contribution in [0.2, 0.25) is 5.02 Å². The van der Waals surface area contributed by atoms with Gasteiger partial charge in [0.2, 0.25) is 0 Å². The minimum Gasteiger partial charge on any atom is -0.367 e. The number of fused-ring (bicyclic) bond motifs is 1. The molecule has 0 saturated heterocycles. The predicted molar refractivity (Wildman–Crippen MR) is 119 cm³/mol. The number of nitrogens with zero attached hydrogens (tertiary/aromatic N) is 1. The average molecular weight is 431 g/mol. The standard InChI is InChI=1S/C21H19ClN2O2S2/c1-12(3-2-4-13-5-6-13)18-7-8-19(28-18)14-9-16-17(10-15(14)22)24-21(23-16)27-11-20(25)26/h2-5,7-10,20,25-26H,6,11H2,1H3,(H,23,24)/b4-2-,12-3+. The van der Waals surface area contributed by atoms with E-state index in [9.17, 15) is 0 Å². The molecule has 0 unspecified atom stereocenters. The van der Waals surface area contributed by atoms with Crippen molar-refractivity contribution in [2.45, 2.75) is 24.8 Å². The van der Waals surface area contributed by atoms with Crippen LogP contribution in [0.5, 0.6) is 0 Å². The Balaban J connectivity index is 1.59. The maximum atomic E-state index is 9.02. The van der Waals surface area contributed by atoms with Crippen molar-refractivity contribution in [2.24, 2.45) is 0 Å². The lowest BCUT2D eigenvalue weighted by molar-refractivity contribution is -0.0186. The van der Waals surface area contributed by atoms with Gasteiger partial charge in [0.05, 0.1) is 21.8 Å². The Kier molecular flexibility index (Phi) is 5.75. The summed E-state index contributed by atoms with van der Waals surface area (Å²) in [6.07, 6.45) is 8.32. The number of hydrogen-bond donors (Lipinski definition) is 3. The number of imidazole rings is 1. The Morgan fingerprint density at radius 1 is 1.39 bits per heavy atom. The van der Waals surface area contributed by atoms with Gasteiger partial charge in [-0.05, 0) is 48.8 Å². The number of benzene rings is 1. The second-order valence-electron chi connectivity index (χ2n) is 6.54. The number of rotatable bonds is 7. The zero-order valence-electron chi connectivity index (χ0n) is 15.1. The second-order valence-corrected chi connectivity index (χ2v) is 9.04. The maximum absolute atomic E-state index is 9.02. The van der Waals surface area contributed by atoms with Crippen LogP contribution in [0.1, 0.15) is 18.2 Å². The molecular formula is C21H19ClN2O2S2. The zero-order chi connectivity index (χ0) is 19.7. The third-order valence-corrected chi connectivity index (χ3v) is 6.77. The number of aromatic nitrogens is 2. The predicted octanol–water partition coefficient (Wildman–Crippen LogP) is 5.64. The summed E-state index contributed by atoms with van der Waals surface area (Å²) in [7, 11) is 0. The van der Waals surface area contributed by atoms with Crippen molar-refractivity contribution in [2.75, 3.05) is 5.75 Å². The summed E-state index contributed by atoms with van der Waals surface area (Å²) in [6.45, 7) is 2.11. The number of hydrogen-bond acceptors (Lipinski definition) is 5. The minimum absolute atomic E-state index is 0.159. The first kappa shape index (κ1) is 19.5. The third-order valence-electron chi connectivity index (χ3n) is 4.27. The van der Waals surface area contributed by atoms with Crippen LogP contribution in [0.15, 0.2) is 59.3 Å². The largest absolute Gasteiger partial charge is 0.367 e. The molecule has 0 atom stereocenters. The molecule has 0 saturated carbocycles. The third kappa shape index (κ3) is 4.59. The number of aliphatic hydroxyl groups is 2. The Bertz CT molecular complexity index is 1110. The molecule has 1 aromatic carbocycles. The van der Waals surface area contributed by atoms with Crippen LogP contribution in [-0.4, -0.2) is 32.2 Å². The number of H-pyrrole nitrogens is 1. The molecule has 2 aromatic heterocycles. The van der Waals surface area contributed by atoms with Gasteiger partial charge in [-0.15, -0.1) is 11.3 Å². The van der Waals surface area contributed by atoms with Gasteiger partial charge in [0.1, 0.15) is 0 Å². The molecular weight excluding hydrogens is 412 g/mol. The first-order chi connectivity index (χ1) is 13.5. The van der Waals surface area contributed by atoms with Crippen molar-refractivity contribution in [3.05, 3.63) is 64.0 Å². The molecule has 0 aliphatic heterocycles. The zero-order valence-corrected chi connectivity index (χ0v) is 17.5. The van der Waals surface area contributed by atoms with E-state index in [1.807, 2.05) is 12.1 Å². The van der Waals surface area contributed by atoms with Crippen LogP contribution in [0, 0.1) is 0 Å². The van der Waals surface area contributed by atoms with Crippen LogP contribution >= 0.6 is 34.7 Å². The number of nitrogens with one attached hydrogen (secondary N) is 1. The number of aromatic amines is 1. The molecule has 0 bridgehead atoms. The Hall–Kier alpha value is -1.83. The van der Waals surface area contributed by atoms with Gasteiger partial charge in [0, 0.05) is 15.3 Å². The van der Waals surface area contributed by atoms with E-state index in [1.54, 1.807) is 11.3 Å². The maximum Gasteiger partial charge on any atom is 0.166 e. The van der Waals surface area contributed by atoms with Crippen molar-refractivity contribution in [3.63, 3.8) is 0 Å². The molecule has 1 aliphatic carbocycles. The molecule has 2 heterocycles. The van der Waals surface area contributed by atoms with Crippen molar-refractivity contribution in [1.82, 2.24) is 9.97 Å². The summed E-state index contributed by atoms with van der Waals surface area (Å²) in [4.78, 5) is 9.97. The average Bonchev–Trinajstić information content (AvgIpc) is 3.19. The van der Waals surface area contributed by atoms with Crippen LogP contribution in [0.25, 0.3) is 27.0 Å². The van der Waals surface area contributed by atoms with E-state index in [1.165, 1.54) is 27.8 Å². The number of thiophene rings is 1. The SMILES string of the molecule is C/C(=C\C=C/C1=CC1)c1ccc(-c2cc3nc(SCC(O)O)[nH]c3cc2Cl)s1. The minimum atomic E-state index is -1.37. The lowest BCUT2D eigenvalue weighted by Gasteiger charge is -2.01. The van der Waals surface area contributed by atoms with Crippen LogP contribution in [0.4, 0.5) is 0 Å². The van der Waals surface area contributed by atoms with Gasteiger partial charge in [-0.3, -0.25) is 0 Å². The van der Waals surface area contributed by atoms with E-state index in [-0.39, 0.29) is 5.75 Å². The topological polar surface area (TPSA) is 69.1 Å². The van der Waals surface area contributed by atoms with Gasteiger partial charge >= 0.3 is 0 Å². The smallest absolute Gasteiger partial charge is 0.166 e. The second kappa shape index (κ2) is 8.27. The van der Waals surface area contributed by atoms with Gasteiger partial charge in [0.25, 0.3) is 0 Å². The molecule has 0 spiro atoms. The Labute approximate surface area is 176 Å². The molecule has 0 radical (unpaired) electrons.